The third kappa shape index (κ3) is 3.92. The fourth-order valence-corrected chi connectivity index (χ4v) is 1.44. The van der Waals surface area contributed by atoms with Crippen LogP contribution in [-0.4, -0.2) is 22.9 Å². The lowest BCUT2D eigenvalue weighted by Crippen LogP contribution is -2.19. The molecule has 1 aromatic carbocycles. The van der Waals surface area contributed by atoms with E-state index in [0.717, 1.165) is 5.56 Å². The van der Waals surface area contributed by atoms with Crippen molar-refractivity contribution in [2.45, 2.75) is 18.6 Å². The van der Waals surface area contributed by atoms with Crippen LogP contribution in [0, 0.1) is 0 Å². The molecule has 2 atom stereocenters. The van der Waals surface area contributed by atoms with Crippen LogP contribution in [0.4, 0.5) is 0 Å². The standard InChI is InChI=1S/C12H15N3O2/c1-2-9-3-5-10(6-4-9)12(17)11(16)7-8-14-15-13/h2-6,11-12,16-17H,1,7-8H2. The van der Waals surface area contributed by atoms with Gasteiger partial charge in [0.15, 0.2) is 0 Å². The van der Waals surface area contributed by atoms with Crippen molar-refractivity contribution in [1.29, 1.82) is 0 Å². The van der Waals surface area contributed by atoms with Crippen molar-refractivity contribution < 1.29 is 10.2 Å². The van der Waals surface area contributed by atoms with Crippen molar-refractivity contribution in [1.82, 2.24) is 0 Å². The van der Waals surface area contributed by atoms with Crippen molar-refractivity contribution in [3.63, 3.8) is 0 Å². The third-order valence-corrected chi connectivity index (χ3v) is 2.47. The Hall–Kier alpha value is -1.81. The largest absolute Gasteiger partial charge is 0.390 e. The van der Waals surface area contributed by atoms with Gasteiger partial charge in [0.2, 0.25) is 0 Å². The molecule has 0 bridgehead atoms. The number of azide groups is 1. The highest BCUT2D eigenvalue weighted by Crippen LogP contribution is 2.19. The maximum Gasteiger partial charge on any atom is 0.105 e. The molecular weight excluding hydrogens is 218 g/mol. The second kappa shape index (κ2) is 6.70. The molecule has 0 spiro atoms. The number of aliphatic hydroxyl groups is 2. The van der Waals surface area contributed by atoms with Crippen molar-refractivity contribution in [2.24, 2.45) is 5.11 Å². The summed E-state index contributed by atoms with van der Waals surface area (Å²) in [5, 5.41) is 22.8. The minimum atomic E-state index is -0.970. The van der Waals surface area contributed by atoms with Gasteiger partial charge in [0.05, 0.1) is 6.10 Å². The molecule has 0 saturated carbocycles. The zero-order valence-electron chi connectivity index (χ0n) is 9.40. The fraction of sp³-hybridized carbons (Fsp3) is 0.333. The summed E-state index contributed by atoms with van der Waals surface area (Å²) in [5.41, 5.74) is 9.67. The fourth-order valence-electron chi connectivity index (χ4n) is 1.44. The van der Waals surface area contributed by atoms with E-state index in [0.29, 0.717) is 5.56 Å². The lowest BCUT2D eigenvalue weighted by Gasteiger charge is -2.17. The molecule has 0 aliphatic carbocycles. The summed E-state index contributed by atoms with van der Waals surface area (Å²) in [7, 11) is 0. The van der Waals surface area contributed by atoms with E-state index in [9.17, 15) is 10.2 Å². The van der Waals surface area contributed by atoms with Crippen LogP contribution >= 0.6 is 0 Å². The van der Waals surface area contributed by atoms with E-state index in [2.05, 4.69) is 16.6 Å². The number of benzene rings is 1. The Balaban J connectivity index is 2.63. The monoisotopic (exact) mass is 233 g/mol. The summed E-state index contributed by atoms with van der Waals surface area (Å²) >= 11 is 0. The molecular formula is C12H15N3O2. The van der Waals surface area contributed by atoms with Crippen molar-refractivity contribution in [3.8, 4) is 0 Å². The van der Waals surface area contributed by atoms with E-state index in [1.807, 2.05) is 12.1 Å². The SMILES string of the molecule is C=Cc1ccc(C(O)C(O)CCN=[N+]=[N-])cc1. The molecule has 1 aromatic rings. The van der Waals surface area contributed by atoms with Gasteiger partial charge in [-0.1, -0.05) is 42.0 Å². The number of hydrogen-bond acceptors (Lipinski definition) is 3. The first kappa shape index (κ1) is 13.3. The summed E-state index contributed by atoms with van der Waals surface area (Å²) in [6.07, 6.45) is 0.0284. The normalized spacial score (nSPS) is 13.5. The Morgan fingerprint density at radius 3 is 2.53 bits per heavy atom. The Labute approximate surface area is 99.7 Å². The van der Waals surface area contributed by atoms with Gasteiger partial charge >= 0.3 is 0 Å². The highest BCUT2D eigenvalue weighted by Gasteiger charge is 2.17. The Morgan fingerprint density at radius 2 is 2.00 bits per heavy atom. The van der Waals surface area contributed by atoms with Crippen LogP contribution in [0.1, 0.15) is 23.7 Å². The second-order valence-electron chi connectivity index (χ2n) is 3.63. The van der Waals surface area contributed by atoms with Crippen molar-refractivity contribution in [3.05, 3.63) is 52.4 Å². The molecule has 0 fully saturated rings. The summed E-state index contributed by atoms with van der Waals surface area (Å²) in [6, 6.07) is 7.09. The molecule has 90 valence electrons. The third-order valence-electron chi connectivity index (χ3n) is 2.47. The van der Waals surface area contributed by atoms with Crippen LogP contribution < -0.4 is 0 Å². The first-order valence-electron chi connectivity index (χ1n) is 5.28. The topological polar surface area (TPSA) is 89.2 Å². The quantitative estimate of drug-likeness (QED) is 0.449. The number of hydrogen-bond donors (Lipinski definition) is 2. The molecule has 0 aliphatic rings. The summed E-state index contributed by atoms with van der Waals surface area (Å²) < 4.78 is 0. The minimum Gasteiger partial charge on any atom is -0.390 e. The highest BCUT2D eigenvalue weighted by molar-refractivity contribution is 5.47. The van der Waals surface area contributed by atoms with Crippen LogP contribution in [0.2, 0.25) is 0 Å². The highest BCUT2D eigenvalue weighted by atomic mass is 16.3. The van der Waals surface area contributed by atoms with E-state index in [-0.39, 0.29) is 13.0 Å². The number of rotatable bonds is 6. The van der Waals surface area contributed by atoms with Gasteiger partial charge in [-0.15, -0.1) is 0 Å². The van der Waals surface area contributed by atoms with Gasteiger partial charge in [0, 0.05) is 11.5 Å². The molecule has 2 unspecified atom stereocenters. The summed E-state index contributed by atoms with van der Waals surface area (Å²) in [4.78, 5) is 2.58. The van der Waals surface area contributed by atoms with Gasteiger partial charge < -0.3 is 10.2 Å². The van der Waals surface area contributed by atoms with E-state index in [1.54, 1.807) is 18.2 Å². The van der Waals surface area contributed by atoms with Gasteiger partial charge in [0.25, 0.3) is 0 Å². The molecule has 0 radical (unpaired) electrons. The average molecular weight is 233 g/mol. The average Bonchev–Trinajstić information content (AvgIpc) is 2.38. The maximum absolute atomic E-state index is 9.84. The second-order valence-corrected chi connectivity index (χ2v) is 3.63. The van der Waals surface area contributed by atoms with Gasteiger partial charge in [-0.2, -0.15) is 0 Å². The first-order chi connectivity index (χ1) is 8.19. The summed E-state index contributed by atoms with van der Waals surface area (Å²) in [6.45, 7) is 3.80. The van der Waals surface area contributed by atoms with Gasteiger partial charge in [0.1, 0.15) is 6.10 Å². The molecule has 0 saturated heterocycles. The van der Waals surface area contributed by atoms with Crippen LogP contribution in [0.5, 0.6) is 0 Å². The molecule has 1 rings (SSSR count). The Bertz CT molecular complexity index is 410. The summed E-state index contributed by atoms with van der Waals surface area (Å²) in [5.74, 6) is 0. The minimum absolute atomic E-state index is 0.166. The predicted molar refractivity (Wildman–Crippen MR) is 66.1 cm³/mol. The molecule has 0 aliphatic heterocycles. The lowest BCUT2D eigenvalue weighted by molar-refractivity contribution is 0.0150. The van der Waals surface area contributed by atoms with E-state index < -0.39 is 12.2 Å². The molecule has 5 nitrogen and oxygen atoms in total. The number of nitrogens with zero attached hydrogens (tertiary/aromatic N) is 3. The van der Waals surface area contributed by atoms with E-state index in [4.69, 9.17) is 5.53 Å². The zero-order chi connectivity index (χ0) is 12.7. The van der Waals surface area contributed by atoms with Crippen LogP contribution in [-0.2, 0) is 0 Å². The molecule has 2 N–H and O–H groups in total. The Kier molecular flexibility index (Phi) is 5.23. The molecule has 0 amide bonds. The Morgan fingerprint density at radius 1 is 1.35 bits per heavy atom. The molecule has 17 heavy (non-hydrogen) atoms. The maximum atomic E-state index is 9.84. The van der Waals surface area contributed by atoms with Gasteiger partial charge in [-0.3, -0.25) is 0 Å². The number of aliphatic hydroxyl groups excluding tert-OH is 2. The van der Waals surface area contributed by atoms with E-state index >= 15 is 0 Å². The lowest BCUT2D eigenvalue weighted by atomic mass is 10.0. The van der Waals surface area contributed by atoms with Gasteiger partial charge in [-0.05, 0) is 23.1 Å². The molecule has 0 aromatic heterocycles. The molecule has 0 heterocycles. The first-order valence-corrected chi connectivity index (χ1v) is 5.28. The van der Waals surface area contributed by atoms with Gasteiger partial charge in [-0.25, -0.2) is 0 Å². The van der Waals surface area contributed by atoms with E-state index in [1.165, 1.54) is 0 Å². The zero-order valence-corrected chi connectivity index (χ0v) is 9.40. The van der Waals surface area contributed by atoms with Crippen LogP contribution in [0.15, 0.2) is 36.0 Å². The predicted octanol–water partition coefficient (Wildman–Crippen LogP) is 2.42. The van der Waals surface area contributed by atoms with Crippen LogP contribution in [0.25, 0.3) is 16.5 Å². The van der Waals surface area contributed by atoms with Crippen LogP contribution in [0.3, 0.4) is 0 Å². The molecule has 5 heteroatoms. The van der Waals surface area contributed by atoms with Crippen molar-refractivity contribution >= 4 is 6.08 Å². The smallest absolute Gasteiger partial charge is 0.105 e. The van der Waals surface area contributed by atoms with Crippen molar-refractivity contribution in [2.75, 3.05) is 6.54 Å².